The number of amides is 1. The number of hydrogen-bond acceptors (Lipinski definition) is 5. The van der Waals surface area contributed by atoms with E-state index in [-0.39, 0.29) is 18.3 Å². The Kier molecular flexibility index (Phi) is 3.49. The van der Waals surface area contributed by atoms with Gasteiger partial charge in [-0.15, -0.1) is 0 Å². The zero-order valence-electron chi connectivity index (χ0n) is 12.6. The zero-order chi connectivity index (χ0) is 16.5. The molecule has 0 radical (unpaired) electrons. The molecule has 8 heteroatoms. The highest BCUT2D eigenvalue weighted by Gasteiger charge is 2.15. The first-order chi connectivity index (χ1) is 11.7. The van der Waals surface area contributed by atoms with Crippen LogP contribution < -0.4 is 15.4 Å². The summed E-state index contributed by atoms with van der Waals surface area (Å²) in [6, 6.07) is 6.08. The fraction of sp³-hybridized carbons (Fsp3) is 0.188. The number of aromatic nitrogens is 3. The van der Waals surface area contributed by atoms with Gasteiger partial charge in [-0.25, -0.2) is 13.9 Å². The number of fused-ring (bicyclic) bond motifs is 2. The van der Waals surface area contributed by atoms with Crippen molar-refractivity contribution in [3.8, 4) is 5.75 Å². The lowest BCUT2D eigenvalue weighted by atomic mass is 10.2. The number of nitrogens with one attached hydrogen (secondary N) is 2. The highest BCUT2D eigenvalue weighted by molar-refractivity contribution is 5.99. The monoisotopic (exact) mass is 327 g/mol. The zero-order valence-corrected chi connectivity index (χ0v) is 12.6. The third-order valence-electron chi connectivity index (χ3n) is 3.74. The highest BCUT2D eigenvalue weighted by Crippen LogP contribution is 2.21. The van der Waals surface area contributed by atoms with Crippen molar-refractivity contribution in [2.24, 2.45) is 0 Å². The second kappa shape index (κ2) is 5.80. The Labute approximate surface area is 136 Å². The van der Waals surface area contributed by atoms with Gasteiger partial charge in [0.1, 0.15) is 29.6 Å². The second-order valence-corrected chi connectivity index (χ2v) is 5.35. The van der Waals surface area contributed by atoms with Gasteiger partial charge in [0.25, 0.3) is 5.91 Å². The largest absolute Gasteiger partial charge is 0.491 e. The maximum absolute atomic E-state index is 13.5. The van der Waals surface area contributed by atoms with Crippen LogP contribution in [-0.2, 0) is 6.54 Å². The molecular weight excluding hydrogens is 313 g/mol. The summed E-state index contributed by atoms with van der Waals surface area (Å²) in [6.45, 7) is 0.945. The Balaban J connectivity index is 1.75. The number of carbonyl (C=O) groups is 1. The van der Waals surface area contributed by atoms with E-state index in [0.29, 0.717) is 41.4 Å². The Hall–Kier alpha value is -3.16. The van der Waals surface area contributed by atoms with E-state index in [1.807, 2.05) is 0 Å². The molecule has 24 heavy (non-hydrogen) atoms. The predicted octanol–water partition coefficient (Wildman–Crippen LogP) is 1.60. The molecule has 0 atom stereocenters. The fourth-order valence-corrected chi connectivity index (χ4v) is 2.56. The summed E-state index contributed by atoms with van der Waals surface area (Å²) in [6.07, 6.45) is 3.19. The van der Waals surface area contributed by atoms with E-state index in [1.165, 1.54) is 22.8 Å². The number of hydrogen-bond donors (Lipinski definition) is 2. The molecule has 122 valence electrons. The number of benzene rings is 1. The van der Waals surface area contributed by atoms with Crippen LogP contribution in [0.15, 0.2) is 36.7 Å². The summed E-state index contributed by atoms with van der Waals surface area (Å²) in [5.41, 5.74) is 1.52. The minimum Gasteiger partial charge on any atom is -0.491 e. The minimum atomic E-state index is -0.335. The van der Waals surface area contributed by atoms with Gasteiger partial charge in [-0.1, -0.05) is 0 Å². The highest BCUT2D eigenvalue weighted by atomic mass is 19.1. The first-order valence-corrected chi connectivity index (χ1v) is 7.48. The van der Waals surface area contributed by atoms with E-state index in [4.69, 9.17) is 4.74 Å². The first kappa shape index (κ1) is 14.4. The SMILES string of the molecule is O=C1NCCOc2ccc(F)cc2CNc2ccn3ncc1c3n2. The van der Waals surface area contributed by atoms with E-state index >= 15 is 0 Å². The molecule has 1 aliphatic rings. The maximum Gasteiger partial charge on any atom is 0.256 e. The number of halogens is 1. The number of carbonyl (C=O) groups excluding carboxylic acids is 1. The number of anilines is 1. The average Bonchev–Trinajstić information content (AvgIpc) is 3.00. The quantitative estimate of drug-likeness (QED) is 0.655. The third kappa shape index (κ3) is 2.62. The van der Waals surface area contributed by atoms with Crippen molar-refractivity contribution in [3.63, 3.8) is 0 Å². The van der Waals surface area contributed by atoms with E-state index in [9.17, 15) is 9.18 Å². The molecule has 0 saturated carbocycles. The molecule has 0 saturated heterocycles. The van der Waals surface area contributed by atoms with Crippen molar-refractivity contribution in [1.82, 2.24) is 19.9 Å². The molecule has 2 bridgehead atoms. The van der Waals surface area contributed by atoms with Gasteiger partial charge >= 0.3 is 0 Å². The van der Waals surface area contributed by atoms with Crippen LogP contribution in [0.3, 0.4) is 0 Å². The van der Waals surface area contributed by atoms with Crippen molar-refractivity contribution in [2.45, 2.75) is 6.54 Å². The lowest BCUT2D eigenvalue weighted by molar-refractivity contribution is 0.0948. The van der Waals surface area contributed by atoms with Gasteiger partial charge in [0.05, 0.1) is 12.7 Å². The molecule has 0 unspecified atom stereocenters. The van der Waals surface area contributed by atoms with Gasteiger partial charge in [-0.3, -0.25) is 4.79 Å². The van der Waals surface area contributed by atoms with Crippen molar-refractivity contribution in [3.05, 3.63) is 53.6 Å². The van der Waals surface area contributed by atoms with Crippen LogP contribution in [0.2, 0.25) is 0 Å². The lowest BCUT2D eigenvalue weighted by Crippen LogP contribution is -2.28. The van der Waals surface area contributed by atoms with Crippen molar-refractivity contribution < 1.29 is 13.9 Å². The van der Waals surface area contributed by atoms with Crippen LogP contribution in [-0.4, -0.2) is 33.7 Å². The summed E-state index contributed by atoms with van der Waals surface area (Å²) < 4.78 is 20.7. The lowest BCUT2D eigenvalue weighted by Gasteiger charge is -2.12. The third-order valence-corrected chi connectivity index (χ3v) is 3.74. The fourth-order valence-electron chi connectivity index (χ4n) is 2.56. The van der Waals surface area contributed by atoms with Crippen LogP contribution in [0, 0.1) is 5.82 Å². The van der Waals surface area contributed by atoms with E-state index < -0.39 is 0 Å². The smallest absolute Gasteiger partial charge is 0.256 e. The van der Waals surface area contributed by atoms with Crippen LogP contribution >= 0.6 is 0 Å². The van der Waals surface area contributed by atoms with Gasteiger partial charge in [0.2, 0.25) is 0 Å². The topological polar surface area (TPSA) is 80.5 Å². The molecule has 1 amide bonds. The van der Waals surface area contributed by atoms with Crippen molar-refractivity contribution in [1.29, 1.82) is 0 Å². The molecule has 0 aliphatic carbocycles. The molecule has 0 fully saturated rings. The molecule has 3 heterocycles. The molecule has 1 aromatic carbocycles. The van der Waals surface area contributed by atoms with Gasteiger partial charge in [0.15, 0.2) is 5.65 Å². The molecule has 2 aromatic heterocycles. The molecule has 2 N–H and O–H groups in total. The standard InChI is InChI=1S/C16H14FN5O2/c17-11-1-2-13-10(7-11)8-19-14-3-5-22-15(21-14)12(9-20-22)16(23)18-4-6-24-13/h1-3,5,7,9H,4,6,8H2,(H,18,23)(H,19,21). The van der Waals surface area contributed by atoms with E-state index in [1.54, 1.807) is 18.3 Å². The van der Waals surface area contributed by atoms with Crippen molar-refractivity contribution >= 4 is 17.4 Å². The Morgan fingerprint density at radius 1 is 1.25 bits per heavy atom. The van der Waals surface area contributed by atoms with Gasteiger partial charge < -0.3 is 15.4 Å². The van der Waals surface area contributed by atoms with Crippen LogP contribution in [0.4, 0.5) is 10.2 Å². The molecule has 7 nitrogen and oxygen atoms in total. The van der Waals surface area contributed by atoms with E-state index in [2.05, 4.69) is 20.7 Å². The summed E-state index contributed by atoms with van der Waals surface area (Å²) in [5.74, 6) is 0.531. The Morgan fingerprint density at radius 2 is 2.17 bits per heavy atom. The maximum atomic E-state index is 13.5. The first-order valence-electron chi connectivity index (χ1n) is 7.48. The summed E-state index contributed by atoms with van der Waals surface area (Å²) >= 11 is 0. The Bertz CT molecular complexity index is 924. The molecule has 0 spiro atoms. The van der Waals surface area contributed by atoms with Crippen LogP contribution in [0.1, 0.15) is 15.9 Å². The second-order valence-electron chi connectivity index (χ2n) is 5.35. The molecular formula is C16H14FN5O2. The van der Waals surface area contributed by atoms with Crippen molar-refractivity contribution in [2.75, 3.05) is 18.5 Å². The number of rotatable bonds is 0. The summed E-state index contributed by atoms with van der Waals surface area (Å²) in [4.78, 5) is 16.7. The Morgan fingerprint density at radius 3 is 3.08 bits per heavy atom. The van der Waals surface area contributed by atoms with Gasteiger partial charge in [-0.05, 0) is 24.3 Å². The van der Waals surface area contributed by atoms with Gasteiger partial charge in [-0.2, -0.15) is 5.10 Å². The van der Waals surface area contributed by atoms with Gasteiger partial charge in [0, 0.05) is 18.3 Å². The normalized spacial score (nSPS) is 14.6. The van der Waals surface area contributed by atoms with Crippen LogP contribution in [0.25, 0.3) is 5.65 Å². The minimum absolute atomic E-state index is 0.267. The summed E-state index contributed by atoms with van der Waals surface area (Å²) in [5, 5.41) is 10.0. The number of ether oxygens (including phenoxy) is 1. The predicted molar refractivity (Wildman–Crippen MR) is 84.5 cm³/mol. The molecule has 4 rings (SSSR count). The molecule has 1 aliphatic heterocycles. The molecule has 3 aromatic rings. The number of nitrogens with zero attached hydrogens (tertiary/aromatic N) is 3. The van der Waals surface area contributed by atoms with Crippen LogP contribution in [0.5, 0.6) is 5.75 Å². The summed E-state index contributed by atoms with van der Waals surface area (Å²) in [7, 11) is 0. The van der Waals surface area contributed by atoms with E-state index in [0.717, 1.165) is 0 Å². The average molecular weight is 327 g/mol.